The number of para-hydroxylation sites is 2. The first-order chi connectivity index (χ1) is 9.65. The topological polar surface area (TPSA) is 51.8 Å². The zero-order valence-electron chi connectivity index (χ0n) is 11.0. The lowest BCUT2D eigenvalue weighted by atomic mass is 10.0. The summed E-state index contributed by atoms with van der Waals surface area (Å²) in [6.45, 7) is 1.72. The minimum absolute atomic E-state index is 0.231. The van der Waals surface area contributed by atoms with E-state index in [0.29, 0.717) is 11.3 Å². The van der Waals surface area contributed by atoms with Crippen molar-refractivity contribution >= 4 is 11.0 Å². The van der Waals surface area contributed by atoms with Crippen LogP contribution in [0.3, 0.4) is 0 Å². The summed E-state index contributed by atoms with van der Waals surface area (Å²) in [7, 11) is 0. The van der Waals surface area contributed by atoms with Gasteiger partial charge in [-0.15, -0.1) is 0 Å². The van der Waals surface area contributed by atoms with E-state index in [2.05, 4.69) is 9.97 Å². The molecule has 0 bridgehead atoms. The van der Waals surface area contributed by atoms with Crippen LogP contribution in [-0.4, -0.2) is 9.97 Å². The van der Waals surface area contributed by atoms with Gasteiger partial charge in [0.15, 0.2) is 0 Å². The highest BCUT2D eigenvalue weighted by molar-refractivity contribution is 5.73. The Morgan fingerprint density at radius 3 is 2.60 bits per heavy atom. The summed E-state index contributed by atoms with van der Waals surface area (Å²) >= 11 is 0. The molecular weight excluding hydrogens is 253 g/mol. The van der Waals surface area contributed by atoms with Crippen molar-refractivity contribution < 1.29 is 4.39 Å². The van der Waals surface area contributed by atoms with Gasteiger partial charge >= 0.3 is 0 Å². The number of nitrogens with two attached hydrogens (primary N) is 1. The maximum atomic E-state index is 13.3. The predicted molar refractivity (Wildman–Crippen MR) is 76.7 cm³/mol. The third-order valence-electron chi connectivity index (χ3n) is 3.33. The Morgan fingerprint density at radius 1 is 1.10 bits per heavy atom. The van der Waals surface area contributed by atoms with E-state index in [1.807, 2.05) is 24.3 Å². The number of nitrogens with zero attached hydrogens (tertiary/aromatic N) is 2. The molecule has 0 radical (unpaired) electrons. The number of aromatic nitrogens is 2. The molecule has 20 heavy (non-hydrogen) atoms. The molecule has 4 heteroatoms. The van der Waals surface area contributed by atoms with Gasteiger partial charge in [0.2, 0.25) is 0 Å². The molecule has 0 saturated heterocycles. The van der Waals surface area contributed by atoms with Gasteiger partial charge < -0.3 is 5.73 Å². The molecule has 1 aromatic heterocycles. The van der Waals surface area contributed by atoms with E-state index in [4.69, 9.17) is 5.73 Å². The van der Waals surface area contributed by atoms with E-state index in [9.17, 15) is 4.39 Å². The van der Waals surface area contributed by atoms with E-state index in [-0.39, 0.29) is 5.82 Å². The van der Waals surface area contributed by atoms with Crippen LogP contribution in [-0.2, 0) is 0 Å². The number of rotatable bonds is 2. The molecule has 100 valence electrons. The fraction of sp³-hybridized carbons (Fsp3) is 0.125. The van der Waals surface area contributed by atoms with E-state index >= 15 is 0 Å². The highest BCUT2D eigenvalue weighted by Gasteiger charge is 2.13. The lowest BCUT2D eigenvalue weighted by molar-refractivity contribution is 0.616. The zero-order chi connectivity index (χ0) is 14.1. The quantitative estimate of drug-likeness (QED) is 0.776. The van der Waals surface area contributed by atoms with Gasteiger partial charge in [-0.3, -0.25) is 4.98 Å². The molecule has 0 aliphatic rings. The van der Waals surface area contributed by atoms with E-state index in [1.54, 1.807) is 25.3 Å². The van der Waals surface area contributed by atoms with Gasteiger partial charge in [-0.2, -0.15) is 0 Å². The summed E-state index contributed by atoms with van der Waals surface area (Å²) in [5.41, 5.74) is 9.92. The van der Waals surface area contributed by atoms with Gasteiger partial charge in [0.25, 0.3) is 0 Å². The van der Waals surface area contributed by atoms with Crippen LogP contribution < -0.4 is 5.73 Å². The van der Waals surface area contributed by atoms with E-state index in [1.165, 1.54) is 6.07 Å². The molecule has 2 N–H and O–H groups in total. The fourth-order valence-electron chi connectivity index (χ4n) is 2.15. The second-order valence-corrected chi connectivity index (χ2v) is 4.77. The molecular formula is C16H14FN3. The maximum Gasteiger partial charge on any atom is 0.126 e. The van der Waals surface area contributed by atoms with Crippen LogP contribution in [0.4, 0.5) is 4.39 Å². The fourth-order valence-corrected chi connectivity index (χ4v) is 2.15. The van der Waals surface area contributed by atoms with E-state index in [0.717, 1.165) is 16.6 Å². The molecule has 3 nitrogen and oxygen atoms in total. The Morgan fingerprint density at radius 2 is 1.85 bits per heavy atom. The summed E-state index contributed by atoms with van der Waals surface area (Å²) in [5, 5.41) is 0. The van der Waals surface area contributed by atoms with Crippen molar-refractivity contribution in [2.45, 2.75) is 13.0 Å². The largest absolute Gasteiger partial charge is 0.319 e. The van der Waals surface area contributed by atoms with Crippen LogP contribution in [0, 0.1) is 12.7 Å². The van der Waals surface area contributed by atoms with Crippen LogP contribution in [0.15, 0.2) is 48.7 Å². The minimum atomic E-state index is -0.411. The second kappa shape index (κ2) is 4.98. The van der Waals surface area contributed by atoms with Gasteiger partial charge in [-0.1, -0.05) is 24.3 Å². The van der Waals surface area contributed by atoms with Crippen LogP contribution in [0.5, 0.6) is 0 Å². The molecule has 0 spiro atoms. The molecule has 0 amide bonds. The van der Waals surface area contributed by atoms with Crippen molar-refractivity contribution in [3.8, 4) is 0 Å². The zero-order valence-corrected chi connectivity index (χ0v) is 11.0. The Hall–Kier alpha value is -2.33. The first kappa shape index (κ1) is 12.7. The van der Waals surface area contributed by atoms with Crippen molar-refractivity contribution in [3.63, 3.8) is 0 Å². The third-order valence-corrected chi connectivity index (χ3v) is 3.33. The average Bonchev–Trinajstić information content (AvgIpc) is 2.49. The first-order valence-corrected chi connectivity index (χ1v) is 6.38. The number of halogens is 1. The lowest BCUT2D eigenvalue weighted by Crippen LogP contribution is -2.14. The summed E-state index contributed by atoms with van der Waals surface area (Å²) < 4.78 is 13.3. The maximum absolute atomic E-state index is 13.3. The molecule has 3 rings (SSSR count). The number of hydrogen-bond donors (Lipinski definition) is 1. The van der Waals surface area contributed by atoms with Crippen molar-refractivity contribution in [2.75, 3.05) is 0 Å². The molecule has 0 fully saturated rings. The SMILES string of the molecule is Cc1cc(C(N)c2cnc3ccccc3n2)ccc1F. The monoisotopic (exact) mass is 267 g/mol. The van der Waals surface area contributed by atoms with Crippen LogP contribution in [0.1, 0.15) is 22.9 Å². The van der Waals surface area contributed by atoms with Crippen molar-refractivity contribution in [2.24, 2.45) is 5.73 Å². The van der Waals surface area contributed by atoms with Crippen LogP contribution in [0.2, 0.25) is 0 Å². The summed E-state index contributed by atoms with van der Waals surface area (Å²) in [5.74, 6) is -0.231. The molecule has 0 aliphatic carbocycles. The molecule has 1 atom stereocenters. The highest BCUT2D eigenvalue weighted by atomic mass is 19.1. The average molecular weight is 267 g/mol. The summed E-state index contributed by atoms with van der Waals surface area (Å²) in [4.78, 5) is 8.87. The number of fused-ring (bicyclic) bond motifs is 1. The summed E-state index contributed by atoms with van der Waals surface area (Å²) in [6, 6.07) is 12.1. The predicted octanol–water partition coefficient (Wildman–Crippen LogP) is 3.13. The molecule has 0 aliphatic heterocycles. The van der Waals surface area contributed by atoms with Gasteiger partial charge in [0.1, 0.15) is 5.82 Å². The number of aryl methyl sites for hydroxylation is 1. The Labute approximate surface area is 116 Å². The second-order valence-electron chi connectivity index (χ2n) is 4.77. The number of benzene rings is 2. The van der Waals surface area contributed by atoms with Crippen molar-refractivity contribution in [1.82, 2.24) is 9.97 Å². The standard InChI is InChI=1S/C16H14FN3/c1-10-8-11(6-7-12(10)17)16(18)15-9-19-13-4-2-3-5-14(13)20-15/h2-9,16H,18H2,1H3. The molecule has 3 aromatic rings. The molecule has 1 unspecified atom stereocenters. The van der Waals surface area contributed by atoms with Crippen LogP contribution in [0.25, 0.3) is 11.0 Å². The number of hydrogen-bond acceptors (Lipinski definition) is 3. The van der Waals surface area contributed by atoms with Gasteiger partial charge in [-0.25, -0.2) is 9.37 Å². The van der Waals surface area contributed by atoms with Crippen molar-refractivity contribution in [1.29, 1.82) is 0 Å². The Balaban J connectivity index is 2.02. The van der Waals surface area contributed by atoms with Gasteiger partial charge in [0.05, 0.1) is 29.0 Å². The third kappa shape index (κ3) is 2.26. The molecule has 2 aromatic carbocycles. The van der Waals surface area contributed by atoms with Crippen molar-refractivity contribution in [3.05, 3.63) is 71.3 Å². The molecule has 0 saturated carbocycles. The van der Waals surface area contributed by atoms with Gasteiger partial charge in [-0.05, 0) is 36.2 Å². The van der Waals surface area contributed by atoms with Crippen LogP contribution >= 0.6 is 0 Å². The first-order valence-electron chi connectivity index (χ1n) is 6.38. The van der Waals surface area contributed by atoms with Gasteiger partial charge in [0, 0.05) is 0 Å². The Bertz CT molecular complexity index is 771. The molecule has 1 heterocycles. The highest BCUT2D eigenvalue weighted by Crippen LogP contribution is 2.21. The van der Waals surface area contributed by atoms with E-state index < -0.39 is 6.04 Å². The Kier molecular flexibility index (Phi) is 3.16. The smallest absolute Gasteiger partial charge is 0.126 e. The minimum Gasteiger partial charge on any atom is -0.319 e. The lowest BCUT2D eigenvalue weighted by Gasteiger charge is -2.12. The summed E-state index contributed by atoms with van der Waals surface area (Å²) in [6.07, 6.45) is 1.67. The normalized spacial score (nSPS) is 12.6.